The van der Waals surface area contributed by atoms with Crippen molar-refractivity contribution in [3.05, 3.63) is 71.5 Å². The Morgan fingerprint density at radius 3 is 2.54 bits per heavy atom. The zero-order chi connectivity index (χ0) is 24.6. The third-order valence-corrected chi connectivity index (χ3v) is 7.05. The second kappa shape index (κ2) is 9.29. The Kier molecular flexibility index (Phi) is 6.18. The van der Waals surface area contributed by atoms with Gasteiger partial charge in [-0.1, -0.05) is 30.3 Å². The number of hydrogen-bond donors (Lipinski definition) is 1. The first-order chi connectivity index (χ1) is 16.8. The van der Waals surface area contributed by atoms with Crippen molar-refractivity contribution < 1.29 is 22.4 Å². The molecular formula is C25H26N4O5S. The number of sulfone groups is 1. The zero-order valence-corrected chi connectivity index (χ0v) is 20.3. The minimum atomic E-state index is -3.45. The van der Waals surface area contributed by atoms with Gasteiger partial charge in [-0.3, -0.25) is 14.9 Å². The van der Waals surface area contributed by atoms with Gasteiger partial charge in [0.05, 0.1) is 24.7 Å². The molecule has 0 spiro atoms. The van der Waals surface area contributed by atoms with Crippen LogP contribution in [0.4, 0.5) is 0 Å². The highest BCUT2D eigenvalue weighted by Gasteiger charge is 2.20. The van der Waals surface area contributed by atoms with Gasteiger partial charge in [0.25, 0.3) is 5.91 Å². The van der Waals surface area contributed by atoms with Gasteiger partial charge in [0.15, 0.2) is 15.5 Å². The molecule has 0 bridgehead atoms. The van der Waals surface area contributed by atoms with Crippen LogP contribution in [0.15, 0.2) is 63.9 Å². The molecule has 2 aromatic carbocycles. The minimum absolute atomic E-state index is 0.204. The molecule has 3 heterocycles. The van der Waals surface area contributed by atoms with Gasteiger partial charge >= 0.3 is 0 Å². The molecule has 9 nitrogen and oxygen atoms in total. The quantitative estimate of drug-likeness (QED) is 0.439. The van der Waals surface area contributed by atoms with Crippen LogP contribution in [0.25, 0.3) is 22.3 Å². The molecule has 0 atom stereocenters. The molecule has 1 amide bonds. The Balaban J connectivity index is 1.49. The summed E-state index contributed by atoms with van der Waals surface area (Å²) in [5, 5.41) is 6.99. The largest absolute Gasteiger partial charge is 0.456 e. The molecule has 182 valence electrons. The van der Waals surface area contributed by atoms with Crippen LogP contribution in [-0.4, -0.2) is 61.7 Å². The molecular weight excluding hydrogens is 468 g/mol. The van der Waals surface area contributed by atoms with Gasteiger partial charge in [-0.2, -0.15) is 5.10 Å². The molecule has 0 radical (unpaired) electrons. The third-order valence-electron chi connectivity index (χ3n) is 5.96. The fourth-order valence-electron chi connectivity index (χ4n) is 4.09. The fourth-order valence-corrected chi connectivity index (χ4v) is 4.79. The number of morpholine rings is 1. The first kappa shape index (κ1) is 23.3. The summed E-state index contributed by atoms with van der Waals surface area (Å²) in [4.78, 5) is 12.9. The molecule has 1 aliphatic heterocycles. The van der Waals surface area contributed by atoms with Crippen molar-refractivity contribution in [1.29, 1.82) is 0 Å². The molecule has 2 aromatic heterocycles. The highest BCUT2D eigenvalue weighted by atomic mass is 32.2. The summed E-state index contributed by atoms with van der Waals surface area (Å²) in [5.41, 5.74) is 6.06. The number of carbonyl (C=O) groups is 1. The third kappa shape index (κ3) is 5.00. The molecule has 0 unspecified atom stereocenters. The normalized spacial score (nSPS) is 14.9. The van der Waals surface area contributed by atoms with Crippen LogP contribution in [-0.2, 0) is 21.1 Å². The van der Waals surface area contributed by atoms with E-state index in [0.717, 1.165) is 11.3 Å². The smallest absolute Gasteiger partial charge is 0.286 e. The van der Waals surface area contributed by atoms with E-state index in [9.17, 15) is 13.2 Å². The summed E-state index contributed by atoms with van der Waals surface area (Å²) in [7, 11) is -3.45. The van der Waals surface area contributed by atoms with Crippen LogP contribution in [0, 0.1) is 6.92 Å². The number of furan rings is 1. The van der Waals surface area contributed by atoms with Crippen LogP contribution in [0.3, 0.4) is 0 Å². The van der Waals surface area contributed by atoms with Gasteiger partial charge in [-0.05, 0) is 31.2 Å². The maximum atomic E-state index is 12.7. The van der Waals surface area contributed by atoms with E-state index in [1.54, 1.807) is 22.9 Å². The highest BCUT2D eigenvalue weighted by Crippen LogP contribution is 2.32. The van der Waals surface area contributed by atoms with Gasteiger partial charge < -0.3 is 9.15 Å². The van der Waals surface area contributed by atoms with Crippen molar-refractivity contribution in [3.8, 4) is 11.3 Å². The number of ether oxygens (including phenoxy) is 1. The lowest BCUT2D eigenvalue weighted by molar-refractivity contribution is 0.0124. The van der Waals surface area contributed by atoms with Gasteiger partial charge in [0.2, 0.25) is 0 Å². The van der Waals surface area contributed by atoms with Gasteiger partial charge in [-0.25, -0.2) is 13.4 Å². The van der Waals surface area contributed by atoms with Crippen molar-refractivity contribution >= 4 is 26.7 Å². The summed E-state index contributed by atoms with van der Waals surface area (Å²) < 4.78 is 38.0. The number of rotatable bonds is 6. The monoisotopic (exact) mass is 494 g/mol. The molecule has 1 aliphatic rings. The van der Waals surface area contributed by atoms with E-state index in [4.69, 9.17) is 9.15 Å². The number of aryl methyl sites for hydroxylation is 1. The maximum Gasteiger partial charge on any atom is 0.286 e. The number of nitrogens with zero attached hydrogens (tertiary/aromatic N) is 3. The summed E-state index contributed by atoms with van der Waals surface area (Å²) in [6, 6.07) is 16.4. The van der Waals surface area contributed by atoms with Crippen molar-refractivity contribution in [2.75, 3.05) is 32.6 Å². The summed E-state index contributed by atoms with van der Waals surface area (Å²) in [5.74, 6) is 0.350. The Labute approximate surface area is 203 Å². The lowest BCUT2D eigenvalue weighted by Gasteiger charge is -2.26. The Morgan fingerprint density at radius 2 is 1.83 bits per heavy atom. The predicted octanol–water partition coefficient (Wildman–Crippen LogP) is 3.03. The molecule has 1 fully saturated rings. The van der Waals surface area contributed by atoms with Gasteiger partial charge in [-0.15, -0.1) is 0 Å². The van der Waals surface area contributed by atoms with Crippen molar-refractivity contribution in [3.63, 3.8) is 0 Å². The molecule has 5 rings (SSSR count). The molecule has 10 heteroatoms. The van der Waals surface area contributed by atoms with E-state index in [1.807, 2.05) is 48.3 Å². The number of aromatic nitrogens is 2. The molecule has 1 saturated heterocycles. The van der Waals surface area contributed by atoms with E-state index in [-0.39, 0.29) is 23.0 Å². The van der Waals surface area contributed by atoms with Crippen LogP contribution >= 0.6 is 0 Å². The van der Waals surface area contributed by atoms with Crippen LogP contribution < -0.4 is 5.43 Å². The number of hydrazine groups is 1. The van der Waals surface area contributed by atoms with Gasteiger partial charge in [0, 0.05) is 41.6 Å². The second-order valence-corrected chi connectivity index (χ2v) is 10.6. The average Bonchev–Trinajstić information content (AvgIpc) is 3.44. The first-order valence-corrected chi connectivity index (χ1v) is 13.2. The first-order valence-electron chi connectivity index (χ1n) is 11.3. The Morgan fingerprint density at radius 1 is 1.09 bits per heavy atom. The van der Waals surface area contributed by atoms with E-state index >= 15 is 0 Å². The summed E-state index contributed by atoms with van der Waals surface area (Å²) in [6.07, 6.45) is 1.18. The topological polar surface area (TPSA) is 107 Å². The van der Waals surface area contributed by atoms with E-state index in [1.165, 1.54) is 6.26 Å². The minimum Gasteiger partial charge on any atom is -0.456 e. The number of nitrogens with one attached hydrogen (secondary N) is 1. The number of fused-ring (bicyclic) bond motifs is 1. The Hall–Kier alpha value is -3.47. The summed E-state index contributed by atoms with van der Waals surface area (Å²) >= 11 is 0. The molecule has 1 N–H and O–H groups in total. The summed E-state index contributed by atoms with van der Waals surface area (Å²) in [6.45, 7) is 4.46. The van der Waals surface area contributed by atoms with Crippen LogP contribution in [0.5, 0.6) is 0 Å². The van der Waals surface area contributed by atoms with Gasteiger partial charge in [0.1, 0.15) is 11.3 Å². The van der Waals surface area contributed by atoms with E-state index in [0.29, 0.717) is 48.6 Å². The van der Waals surface area contributed by atoms with Crippen LogP contribution in [0.1, 0.15) is 21.7 Å². The highest BCUT2D eigenvalue weighted by molar-refractivity contribution is 7.90. The number of carbonyl (C=O) groups excluding carboxylic acids is 1. The van der Waals surface area contributed by atoms with Crippen molar-refractivity contribution in [2.45, 2.75) is 18.4 Å². The Bertz CT molecular complexity index is 1490. The molecule has 0 aliphatic carbocycles. The number of benzene rings is 2. The number of amides is 1. The average molecular weight is 495 g/mol. The maximum absolute atomic E-state index is 12.7. The lowest BCUT2D eigenvalue weighted by atomic mass is 10.1. The van der Waals surface area contributed by atoms with Crippen molar-refractivity contribution in [2.24, 2.45) is 0 Å². The van der Waals surface area contributed by atoms with Crippen molar-refractivity contribution in [1.82, 2.24) is 20.2 Å². The zero-order valence-electron chi connectivity index (χ0n) is 19.5. The van der Waals surface area contributed by atoms with E-state index < -0.39 is 9.84 Å². The SMILES string of the molecule is Cc1cc(C(=O)NN2CCOCC2)nn1Cc1cc(S(C)(=O)=O)cc2cc(-c3ccccc3)oc12. The fraction of sp³-hybridized carbons (Fsp3) is 0.280. The lowest BCUT2D eigenvalue weighted by Crippen LogP contribution is -2.48. The molecule has 4 aromatic rings. The predicted molar refractivity (Wildman–Crippen MR) is 131 cm³/mol. The van der Waals surface area contributed by atoms with Crippen LogP contribution in [0.2, 0.25) is 0 Å². The molecule has 35 heavy (non-hydrogen) atoms. The second-order valence-electron chi connectivity index (χ2n) is 8.62. The van der Waals surface area contributed by atoms with E-state index in [2.05, 4.69) is 10.5 Å². The standard InChI is InChI=1S/C25H26N4O5S/c1-17-12-22(25(30)27-28-8-10-33-11-9-28)26-29(17)16-20-14-21(35(2,31)32)13-19-15-23(34-24(19)20)18-6-4-3-5-7-18/h3-7,12-15H,8-11,16H2,1-2H3,(H,27,30). The molecule has 0 saturated carbocycles. The number of hydrogen-bond acceptors (Lipinski definition) is 7.